The van der Waals surface area contributed by atoms with Gasteiger partial charge in [0, 0.05) is 24.5 Å². The highest BCUT2D eigenvalue weighted by molar-refractivity contribution is 6.42. The first-order valence-corrected chi connectivity index (χ1v) is 8.65. The number of carbonyl (C=O) groups is 1. The van der Waals surface area contributed by atoms with Crippen LogP contribution < -0.4 is 5.32 Å². The van der Waals surface area contributed by atoms with E-state index in [1.807, 2.05) is 11.8 Å². The number of aryl methyl sites for hydroxylation is 1. The van der Waals surface area contributed by atoms with E-state index in [1.54, 1.807) is 24.3 Å². The van der Waals surface area contributed by atoms with Crippen molar-refractivity contribution in [3.63, 3.8) is 0 Å². The van der Waals surface area contributed by atoms with E-state index in [9.17, 15) is 4.79 Å². The molecule has 24 heavy (non-hydrogen) atoms. The van der Waals surface area contributed by atoms with E-state index in [2.05, 4.69) is 15.3 Å². The van der Waals surface area contributed by atoms with Crippen LogP contribution in [-0.2, 0) is 0 Å². The molecule has 0 bridgehead atoms. The lowest BCUT2D eigenvalue weighted by molar-refractivity contribution is 0.0718. The molecule has 3 rings (SSSR count). The Morgan fingerprint density at radius 3 is 2.54 bits per heavy atom. The number of rotatable bonds is 3. The van der Waals surface area contributed by atoms with Gasteiger partial charge in [0.2, 0.25) is 5.95 Å². The maximum absolute atomic E-state index is 12.6. The molecule has 0 radical (unpaired) electrons. The van der Waals surface area contributed by atoms with Gasteiger partial charge in [0.25, 0.3) is 5.91 Å². The van der Waals surface area contributed by atoms with Gasteiger partial charge in [-0.25, -0.2) is 9.97 Å². The number of benzene rings is 1. The van der Waals surface area contributed by atoms with Crippen LogP contribution in [0.15, 0.2) is 24.3 Å². The van der Waals surface area contributed by atoms with E-state index in [1.165, 1.54) is 6.42 Å². The highest BCUT2D eigenvalue weighted by Crippen LogP contribution is 2.26. The lowest BCUT2D eigenvalue weighted by Crippen LogP contribution is -2.36. The SMILES string of the molecule is Cc1cc(C(=O)N2CCCCC2)nc(Nc2ccc(Cl)c(Cl)c2)n1. The summed E-state index contributed by atoms with van der Waals surface area (Å²) in [4.78, 5) is 23.2. The molecule has 1 saturated heterocycles. The number of nitrogens with one attached hydrogen (secondary N) is 1. The fraction of sp³-hybridized carbons (Fsp3) is 0.353. The van der Waals surface area contributed by atoms with Crippen molar-refractivity contribution in [2.75, 3.05) is 18.4 Å². The summed E-state index contributed by atoms with van der Waals surface area (Å²) >= 11 is 11.9. The Morgan fingerprint density at radius 1 is 1.08 bits per heavy atom. The second kappa shape index (κ2) is 7.36. The molecule has 2 heterocycles. The van der Waals surface area contributed by atoms with Crippen molar-refractivity contribution in [1.82, 2.24) is 14.9 Å². The Balaban J connectivity index is 1.82. The summed E-state index contributed by atoms with van der Waals surface area (Å²) in [5.41, 5.74) is 1.85. The fourth-order valence-electron chi connectivity index (χ4n) is 2.70. The Kier molecular flexibility index (Phi) is 5.21. The number of carbonyl (C=O) groups excluding carboxylic acids is 1. The van der Waals surface area contributed by atoms with Gasteiger partial charge in [-0.3, -0.25) is 4.79 Å². The summed E-state index contributed by atoms with van der Waals surface area (Å²) in [5.74, 6) is 0.325. The number of anilines is 2. The van der Waals surface area contributed by atoms with Crippen LogP contribution in [0.3, 0.4) is 0 Å². The van der Waals surface area contributed by atoms with E-state index in [-0.39, 0.29) is 5.91 Å². The van der Waals surface area contributed by atoms with Gasteiger partial charge in [-0.15, -0.1) is 0 Å². The monoisotopic (exact) mass is 364 g/mol. The highest BCUT2D eigenvalue weighted by Gasteiger charge is 2.20. The molecule has 7 heteroatoms. The highest BCUT2D eigenvalue weighted by atomic mass is 35.5. The predicted molar refractivity (Wildman–Crippen MR) is 96.3 cm³/mol. The van der Waals surface area contributed by atoms with Crippen LogP contribution in [0.25, 0.3) is 0 Å². The van der Waals surface area contributed by atoms with Crippen LogP contribution >= 0.6 is 23.2 Å². The van der Waals surface area contributed by atoms with Crippen molar-refractivity contribution in [2.24, 2.45) is 0 Å². The molecule has 1 N–H and O–H groups in total. The molecule has 1 amide bonds. The molecule has 1 aliphatic heterocycles. The number of nitrogens with zero attached hydrogens (tertiary/aromatic N) is 3. The first-order chi connectivity index (χ1) is 11.5. The molecule has 0 aliphatic carbocycles. The van der Waals surface area contributed by atoms with E-state index in [4.69, 9.17) is 23.2 Å². The summed E-state index contributed by atoms with van der Waals surface area (Å²) in [6, 6.07) is 6.90. The summed E-state index contributed by atoms with van der Waals surface area (Å²) in [7, 11) is 0. The standard InChI is InChI=1S/C17H18Cl2N4O/c1-11-9-15(16(24)23-7-3-2-4-8-23)22-17(20-11)21-12-5-6-13(18)14(19)10-12/h5-6,9-10H,2-4,7-8H2,1H3,(H,20,21,22). The molecule has 1 aliphatic rings. The number of hydrogen-bond acceptors (Lipinski definition) is 4. The smallest absolute Gasteiger partial charge is 0.272 e. The molecule has 0 saturated carbocycles. The minimum atomic E-state index is -0.0441. The number of piperidine rings is 1. The molecule has 1 fully saturated rings. The van der Waals surface area contributed by atoms with Gasteiger partial charge < -0.3 is 10.2 Å². The maximum Gasteiger partial charge on any atom is 0.272 e. The van der Waals surface area contributed by atoms with E-state index < -0.39 is 0 Å². The lowest BCUT2D eigenvalue weighted by atomic mass is 10.1. The normalized spacial score (nSPS) is 14.5. The Hall–Kier alpha value is -1.85. The summed E-state index contributed by atoms with van der Waals surface area (Å²) in [6.07, 6.45) is 3.27. The average molecular weight is 365 g/mol. The third kappa shape index (κ3) is 3.97. The number of amides is 1. The Morgan fingerprint density at radius 2 is 1.83 bits per heavy atom. The molecule has 0 unspecified atom stereocenters. The molecule has 0 spiro atoms. The van der Waals surface area contributed by atoms with Gasteiger partial charge in [-0.05, 0) is 50.5 Å². The molecule has 1 aromatic carbocycles. The quantitative estimate of drug-likeness (QED) is 0.873. The number of likely N-dealkylation sites (tertiary alicyclic amines) is 1. The van der Waals surface area contributed by atoms with Crippen LogP contribution in [0.5, 0.6) is 0 Å². The molecule has 1 aromatic heterocycles. The number of aromatic nitrogens is 2. The van der Waals surface area contributed by atoms with Gasteiger partial charge in [-0.2, -0.15) is 0 Å². The van der Waals surface area contributed by atoms with Gasteiger partial charge in [-0.1, -0.05) is 23.2 Å². The minimum Gasteiger partial charge on any atom is -0.337 e. The summed E-state index contributed by atoms with van der Waals surface area (Å²) in [5, 5.41) is 4.00. The van der Waals surface area contributed by atoms with Crippen molar-refractivity contribution >= 4 is 40.7 Å². The van der Waals surface area contributed by atoms with Crippen molar-refractivity contribution in [2.45, 2.75) is 26.2 Å². The van der Waals surface area contributed by atoms with E-state index >= 15 is 0 Å². The largest absolute Gasteiger partial charge is 0.337 e. The Bertz CT molecular complexity index is 760. The molecular weight excluding hydrogens is 347 g/mol. The van der Waals surface area contributed by atoms with Crippen molar-refractivity contribution in [1.29, 1.82) is 0 Å². The fourth-order valence-corrected chi connectivity index (χ4v) is 2.99. The first-order valence-electron chi connectivity index (χ1n) is 7.90. The molecule has 126 valence electrons. The topological polar surface area (TPSA) is 58.1 Å². The second-order valence-electron chi connectivity index (χ2n) is 5.82. The molecule has 2 aromatic rings. The van der Waals surface area contributed by atoms with Gasteiger partial charge in [0.1, 0.15) is 5.69 Å². The van der Waals surface area contributed by atoms with Crippen molar-refractivity contribution in [3.8, 4) is 0 Å². The zero-order valence-electron chi connectivity index (χ0n) is 13.4. The third-order valence-electron chi connectivity index (χ3n) is 3.89. The minimum absolute atomic E-state index is 0.0441. The van der Waals surface area contributed by atoms with Crippen molar-refractivity contribution in [3.05, 3.63) is 45.7 Å². The van der Waals surface area contributed by atoms with Crippen LogP contribution in [-0.4, -0.2) is 33.9 Å². The van der Waals surface area contributed by atoms with Crippen LogP contribution in [0, 0.1) is 6.92 Å². The maximum atomic E-state index is 12.6. The van der Waals surface area contributed by atoms with E-state index in [0.29, 0.717) is 27.4 Å². The first kappa shape index (κ1) is 17.0. The summed E-state index contributed by atoms with van der Waals surface area (Å²) < 4.78 is 0. The summed E-state index contributed by atoms with van der Waals surface area (Å²) in [6.45, 7) is 3.42. The van der Waals surface area contributed by atoms with Crippen molar-refractivity contribution < 1.29 is 4.79 Å². The number of halogens is 2. The third-order valence-corrected chi connectivity index (χ3v) is 4.63. The van der Waals surface area contributed by atoms with Gasteiger partial charge in [0.05, 0.1) is 10.0 Å². The van der Waals surface area contributed by atoms with Crippen LogP contribution in [0.4, 0.5) is 11.6 Å². The van der Waals surface area contributed by atoms with Crippen LogP contribution in [0.1, 0.15) is 35.4 Å². The predicted octanol–water partition coefficient (Wildman–Crippen LogP) is 4.46. The zero-order valence-corrected chi connectivity index (χ0v) is 14.9. The Labute approximate surface area is 151 Å². The number of hydrogen-bond donors (Lipinski definition) is 1. The second-order valence-corrected chi connectivity index (χ2v) is 6.64. The molecule has 0 atom stereocenters. The lowest BCUT2D eigenvalue weighted by Gasteiger charge is -2.26. The van der Waals surface area contributed by atoms with Gasteiger partial charge >= 0.3 is 0 Å². The zero-order chi connectivity index (χ0) is 17.1. The molecule has 5 nitrogen and oxygen atoms in total. The van der Waals surface area contributed by atoms with Gasteiger partial charge in [0.15, 0.2) is 0 Å². The average Bonchev–Trinajstić information content (AvgIpc) is 2.58. The van der Waals surface area contributed by atoms with E-state index in [0.717, 1.165) is 31.6 Å². The molecular formula is C17H18Cl2N4O. The van der Waals surface area contributed by atoms with Crippen LogP contribution in [0.2, 0.25) is 10.0 Å².